The molecule has 1 aliphatic heterocycles. The first-order valence-electron chi connectivity index (χ1n) is 7.54. The Morgan fingerprint density at radius 2 is 2.05 bits per heavy atom. The van der Waals surface area contributed by atoms with Crippen molar-refractivity contribution in [1.82, 2.24) is 5.32 Å². The average molecular weight is 283 g/mol. The lowest BCUT2D eigenvalue weighted by Gasteiger charge is -2.22. The third-order valence-corrected chi connectivity index (χ3v) is 3.96. The van der Waals surface area contributed by atoms with Gasteiger partial charge in [-0.05, 0) is 24.1 Å². The molecule has 1 heterocycles. The summed E-state index contributed by atoms with van der Waals surface area (Å²) in [5.41, 5.74) is 2.44. The topological polar surface area (TPSA) is 41.5 Å². The van der Waals surface area contributed by atoms with E-state index in [2.05, 4.69) is 36.5 Å². The minimum absolute atomic E-state index is 0.178. The lowest BCUT2D eigenvalue weighted by molar-refractivity contribution is 0.293. The summed E-state index contributed by atoms with van der Waals surface area (Å²) in [6, 6.07) is 16.4. The molecule has 2 atom stereocenters. The van der Waals surface area contributed by atoms with Crippen LogP contribution in [-0.2, 0) is 0 Å². The zero-order chi connectivity index (χ0) is 14.7. The van der Waals surface area contributed by atoms with Crippen molar-refractivity contribution in [3.8, 4) is 11.5 Å². The zero-order valence-corrected chi connectivity index (χ0v) is 12.3. The lowest BCUT2D eigenvalue weighted by atomic mass is 9.99. The van der Waals surface area contributed by atoms with Crippen LogP contribution < -0.4 is 10.1 Å². The predicted octanol–water partition coefficient (Wildman–Crippen LogP) is 3.96. The summed E-state index contributed by atoms with van der Waals surface area (Å²) in [7, 11) is 0. The maximum absolute atomic E-state index is 9.53. The molecular formula is C18H21NO2. The van der Waals surface area contributed by atoms with Crippen molar-refractivity contribution in [1.29, 1.82) is 0 Å². The molecule has 0 saturated heterocycles. The Bertz CT molecular complexity index is 597. The van der Waals surface area contributed by atoms with Crippen LogP contribution in [0.5, 0.6) is 11.5 Å². The molecule has 21 heavy (non-hydrogen) atoms. The Kier molecular flexibility index (Phi) is 4.11. The van der Waals surface area contributed by atoms with E-state index in [4.69, 9.17) is 4.74 Å². The quantitative estimate of drug-likeness (QED) is 0.872. The summed E-state index contributed by atoms with van der Waals surface area (Å²) < 4.78 is 5.68. The second kappa shape index (κ2) is 6.19. The monoisotopic (exact) mass is 283 g/mol. The molecule has 0 bridgehead atoms. The molecule has 3 rings (SSSR count). The van der Waals surface area contributed by atoms with Crippen LogP contribution >= 0.6 is 0 Å². The molecule has 0 aromatic heterocycles. The Morgan fingerprint density at radius 3 is 2.81 bits per heavy atom. The number of phenolic OH excluding ortho intramolecular Hbond substituents is 1. The SMILES string of the molecule is CCCC(NC1COc2cc(O)ccc21)c1ccccc1. The largest absolute Gasteiger partial charge is 0.508 e. The first-order chi connectivity index (χ1) is 10.3. The van der Waals surface area contributed by atoms with Gasteiger partial charge in [0.05, 0.1) is 6.04 Å². The Hall–Kier alpha value is -2.00. The van der Waals surface area contributed by atoms with Crippen LogP contribution in [0.25, 0.3) is 0 Å². The fourth-order valence-electron chi connectivity index (χ4n) is 2.90. The van der Waals surface area contributed by atoms with E-state index in [-0.39, 0.29) is 11.8 Å². The van der Waals surface area contributed by atoms with Gasteiger partial charge in [-0.1, -0.05) is 43.7 Å². The van der Waals surface area contributed by atoms with E-state index in [1.54, 1.807) is 12.1 Å². The van der Waals surface area contributed by atoms with Crippen LogP contribution in [0.15, 0.2) is 48.5 Å². The maximum Gasteiger partial charge on any atom is 0.127 e. The van der Waals surface area contributed by atoms with Gasteiger partial charge in [-0.3, -0.25) is 0 Å². The van der Waals surface area contributed by atoms with Gasteiger partial charge < -0.3 is 15.2 Å². The van der Waals surface area contributed by atoms with Gasteiger partial charge in [0.1, 0.15) is 18.1 Å². The fourth-order valence-corrected chi connectivity index (χ4v) is 2.90. The van der Waals surface area contributed by atoms with Gasteiger partial charge >= 0.3 is 0 Å². The van der Waals surface area contributed by atoms with E-state index >= 15 is 0 Å². The third-order valence-electron chi connectivity index (χ3n) is 3.96. The van der Waals surface area contributed by atoms with Crippen LogP contribution in [0.3, 0.4) is 0 Å². The molecule has 2 aromatic rings. The van der Waals surface area contributed by atoms with E-state index in [0.29, 0.717) is 12.6 Å². The lowest BCUT2D eigenvalue weighted by Crippen LogP contribution is -2.27. The third kappa shape index (κ3) is 3.03. The number of benzene rings is 2. The van der Waals surface area contributed by atoms with E-state index < -0.39 is 0 Å². The van der Waals surface area contributed by atoms with Crippen molar-refractivity contribution in [2.75, 3.05) is 6.61 Å². The summed E-state index contributed by atoms with van der Waals surface area (Å²) in [5.74, 6) is 1.04. The summed E-state index contributed by atoms with van der Waals surface area (Å²) in [6.07, 6.45) is 2.22. The molecule has 3 heteroatoms. The molecule has 110 valence electrons. The number of hydrogen-bond donors (Lipinski definition) is 2. The van der Waals surface area contributed by atoms with Gasteiger partial charge in [0.15, 0.2) is 0 Å². The van der Waals surface area contributed by atoms with Crippen LogP contribution in [0.4, 0.5) is 0 Å². The van der Waals surface area contributed by atoms with Crippen LogP contribution in [0.2, 0.25) is 0 Å². The molecule has 0 aliphatic carbocycles. The molecule has 0 radical (unpaired) electrons. The van der Waals surface area contributed by atoms with Crippen molar-refractivity contribution < 1.29 is 9.84 Å². The van der Waals surface area contributed by atoms with Crippen molar-refractivity contribution >= 4 is 0 Å². The van der Waals surface area contributed by atoms with Gasteiger partial charge in [0.2, 0.25) is 0 Å². The zero-order valence-electron chi connectivity index (χ0n) is 12.3. The van der Waals surface area contributed by atoms with E-state index in [9.17, 15) is 5.11 Å². The highest BCUT2D eigenvalue weighted by Crippen LogP contribution is 2.36. The van der Waals surface area contributed by atoms with Gasteiger partial charge in [-0.25, -0.2) is 0 Å². The van der Waals surface area contributed by atoms with Crippen molar-refractivity contribution in [3.63, 3.8) is 0 Å². The Balaban J connectivity index is 1.79. The molecule has 3 nitrogen and oxygen atoms in total. The summed E-state index contributed by atoms with van der Waals surface area (Å²) in [4.78, 5) is 0. The van der Waals surface area contributed by atoms with Crippen molar-refractivity contribution in [2.45, 2.75) is 31.8 Å². The number of rotatable bonds is 5. The summed E-state index contributed by atoms with van der Waals surface area (Å²) in [6.45, 7) is 2.82. The smallest absolute Gasteiger partial charge is 0.127 e. The van der Waals surface area contributed by atoms with Crippen LogP contribution in [0, 0.1) is 0 Å². The molecule has 0 fully saturated rings. The van der Waals surface area contributed by atoms with Gasteiger partial charge in [0, 0.05) is 17.7 Å². The molecule has 0 saturated carbocycles. The maximum atomic E-state index is 9.53. The molecule has 0 spiro atoms. The van der Waals surface area contributed by atoms with E-state index in [1.165, 1.54) is 5.56 Å². The van der Waals surface area contributed by atoms with Crippen molar-refractivity contribution in [3.05, 3.63) is 59.7 Å². The van der Waals surface area contributed by atoms with Crippen molar-refractivity contribution in [2.24, 2.45) is 0 Å². The molecular weight excluding hydrogens is 262 g/mol. The molecule has 0 amide bonds. The molecule has 2 aromatic carbocycles. The number of phenols is 1. The van der Waals surface area contributed by atoms with Crippen LogP contribution in [-0.4, -0.2) is 11.7 Å². The highest BCUT2D eigenvalue weighted by atomic mass is 16.5. The van der Waals surface area contributed by atoms with Gasteiger partial charge in [-0.15, -0.1) is 0 Å². The molecule has 2 unspecified atom stereocenters. The van der Waals surface area contributed by atoms with Gasteiger partial charge in [0.25, 0.3) is 0 Å². The Labute approximate surface area is 125 Å². The second-order valence-electron chi connectivity index (χ2n) is 5.50. The highest BCUT2D eigenvalue weighted by molar-refractivity contribution is 5.44. The number of fused-ring (bicyclic) bond motifs is 1. The second-order valence-corrected chi connectivity index (χ2v) is 5.50. The molecule has 2 N–H and O–H groups in total. The number of hydrogen-bond acceptors (Lipinski definition) is 3. The predicted molar refractivity (Wildman–Crippen MR) is 83.6 cm³/mol. The number of nitrogens with one attached hydrogen (secondary N) is 1. The van der Waals surface area contributed by atoms with E-state index in [1.807, 2.05) is 12.1 Å². The first-order valence-corrected chi connectivity index (χ1v) is 7.54. The minimum Gasteiger partial charge on any atom is -0.508 e. The van der Waals surface area contributed by atoms with Crippen LogP contribution in [0.1, 0.15) is 43.0 Å². The average Bonchev–Trinajstić information content (AvgIpc) is 2.90. The minimum atomic E-state index is 0.178. The van der Waals surface area contributed by atoms with Gasteiger partial charge in [-0.2, -0.15) is 0 Å². The summed E-state index contributed by atoms with van der Waals surface area (Å²) >= 11 is 0. The summed E-state index contributed by atoms with van der Waals surface area (Å²) in [5, 5.41) is 13.2. The fraction of sp³-hybridized carbons (Fsp3) is 0.333. The highest BCUT2D eigenvalue weighted by Gasteiger charge is 2.26. The standard InChI is InChI=1S/C18H21NO2/c1-2-6-16(13-7-4-3-5-8-13)19-17-12-21-18-11-14(20)9-10-15(17)18/h3-5,7-11,16-17,19-20H,2,6,12H2,1H3. The molecule has 1 aliphatic rings. The Morgan fingerprint density at radius 1 is 1.24 bits per heavy atom. The number of ether oxygens (including phenoxy) is 1. The van der Waals surface area contributed by atoms with E-state index in [0.717, 1.165) is 24.2 Å². The normalized spacial score (nSPS) is 18.0. The number of aromatic hydroxyl groups is 1. The first kappa shape index (κ1) is 14.0.